The van der Waals surface area contributed by atoms with E-state index in [4.69, 9.17) is 5.11 Å². The molecule has 0 unspecified atom stereocenters. The summed E-state index contributed by atoms with van der Waals surface area (Å²) in [5.74, 6) is -1.45. The van der Waals surface area contributed by atoms with E-state index in [1.165, 1.54) is 30.3 Å². The van der Waals surface area contributed by atoms with Crippen LogP contribution in [0.3, 0.4) is 0 Å². The fourth-order valence-corrected chi connectivity index (χ4v) is 2.39. The maximum atomic E-state index is 12.2. The van der Waals surface area contributed by atoms with Crippen LogP contribution in [-0.2, 0) is 0 Å². The highest BCUT2D eigenvalue weighted by molar-refractivity contribution is 14.1. The van der Waals surface area contributed by atoms with Gasteiger partial charge in [0.2, 0.25) is 0 Å². The van der Waals surface area contributed by atoms with Crippen LogP contribution < -0.4 is 4.74 Å². The molecule has 0 aliphatic carbocycles. The van der Waals surface area contributed by atoms with E-state index in [9.17, 15) is 18.0 Å². The van der Waals surface area contributed by atoms with Crippen molar-refractivity contribution < 1.29 is 27.8 Å². The molecule has 1 N–H and O–H groups in total. The summed E-state index contributed by atoms with van der Waals surface area (Å²) < 4.78 is 41.3. The van der Waals surface area contributed by atoms with E-state index in [0.29, 0.717) is 11.1 Å². The average Bonchev–Trinajstić information content (AvgIpc) is 2.37. The zero-order valence-corrected chi connectivity index (χ0v) is 12.5. The molecule has 0 heterocycles. The molecule has 0 aliphatic rings. The normalized spacial score (nSPS) is 11.2. The molecule has 0 atom stereocenters. The topological polar surface area (TPSA) is 46.5 Å². The van der Waals surface area contributed by atoms with Gasteiger partial charge in [-0.1, -0.05) is 12.1 Å². The van der Waals surface area contributed by atoms with Crippen molar-refractivity contribution in [3.8, 4) is 16.9 Å². The Morgan fingerprint density at radius 2 is 1.86 bits per heavy atom. The molecule has 0 saturated carbocycles. The van der Waals surface area contributed by atoms with Crippen molar-refractivity contribution in [3.05, 3.63) is 51.6 Å². The monoisotopic (exact) mass is 408 g/mol. The molecule has 0 spiro atoms. The van der Waals surface area contributed by atoms with Crippen molar-refractivity contribution in [2.45, 2.75) is 6.36 Å². The molecule has 0 amide bonds. The lowest BCUT2D eigenvalue weighted by Crippen LogP contribution is -2.17. The minimum atomic E-state index is -4.77. The predicted molar refractivity (Wildman–Crippen MR) is 78.2 cm³/mol. The van der Waals surface area contributed by atoms with Crippen LogP contribution in [0.2, 0.25) is 0 Å². The number of hydrogen-bond acceptors (Lipinski definition) is 2. The van der Waals surface area contributed by atoms with Gasteiger partial charge in [0, 0.05) is 3.57 Å². The fourth-order valence-electron chi connectivity index (χ4n) is 1.74. The molecule has 0 saturated heterocycles. The number of ether oxygens (including phenoxy) is 1. The van der Waals surface area contributed by atoms with Gasteiger partial charge in [0.25, 0.3) is 0 Å². The largest absolute Gasteiger partial charge is 0.573 e. The van der Waals surface area contributed by atoms with Crippen LogP contribution in [0.25, 0.3) is 11.1 Å². The Hall–Kier alpha value is -1.77. The number of carboxylic acids is 1. The lowest BCUT2D eigenvalue weighted by atomic mass is 10.0. The van der Waals surface area contributed by atoms with Gasteiger partial charge in [-0.2, -0.15) is 0 Å². The molecular weight excluding hydrogens is 400 g/mol. The molecule has 0 aromatic heterocycles. The Morgan fingerprint density at radius 3 is 2.48 bits per heavy atom. The second-order valence-corrected chi connectivity index (χ2v) is 5.24. The first-order valence-corrected chi connectivity index (χ1v) is 6.73. The summed E-state index contributed by atoms with van der Waals surface area (Å²) in [7, 11) is 0. The first-order chi connectivity index (χ1) is 9.76. The van der Waals surface area contributed by atoms with Gasteiger partial charge in [-0.15, -0.1) is 13.2 Å². The van der Waals surface area contributed by atoms with Gasteiger partial charge in [-0.05, 0) is 64.0 Å². The van der Waals surface area contributed by atoms with Crippen molar-refractivity contribution in [1.82, 2.24) is 0 Å². The van der Waals surface area contributed by atoms with Crippen LogP contribution in [0, 0.1) is 3.57 Å². The molecule has 3 nitrogen and oxygen atoms in total. The lowest BCUT2D eigenvalue weighted by molar-refractivity contribution is -0.274. The molecular formula is C14H8F3IO3. The van der Waals surface area contributed by atoms with Crippen LogP contribution in [0.5, 0.6) is 5.75 Å². The SMILES string of the molecule is O=C(O)c1ccc(I)c(-c2cccc(OC(F)(F)F)c2)c1. The Kier molecular flexibility index (Phi) is 4.40. The van der Waals surface area contributed by atoms with Crippen molar-refractivity contribution >= 4 is 28.6 Å². The van der Waals surface area contributed by atoms with Gasteiger partial charge in [-0.25, -0.2) is 4.79 Å². The van der Waals surface area contributed by atoms with E-state index in [-0.39, 0.29) is 11.3 Å². The summed E-state index contributed by atoms with van der Waals surface area (Å²) in [6, 6.07) is 9.85. The summed E-state index contributed by atoms with van der Waals surface area (Å²) in [4.78, 5) is 11.0. The van der Waals surface area contributed by atoms with Gasteiger partial charge in [-0.3, -0.25) is 0 Å². The van der Waals surface area contributed by atoms with Crippen LogP contribution in [0.4, 0.5) is 13.2 Å². The molecule has 2 aromatic rings. The van der Waals surface area contributed by atoms with E-state index in [1.807, 2.05) is 22.6 Å². The Labute approximate surface area is 131 Å². The molecule has 2 rings (SSSR count). The zero-order chi connectivity index (χ0) is 15.6. The summed E-state index contributed by atoms with van der Waals surface area (Å²) >= 11 is 1.99. The summed E-state index contributed by atoms with van der Waals surface area (Å²) in [6.45, 7) is 0. The number of hydrogen-bond donors (Lipinski definition) is 1. The van der Waals surface area contributed by atoms with Crippen LogP contribution in [0.1, 0.15) is 10.4 Å². The molecule has 0 bridgehead atoms. The minimum absolute atomic E-state index is 0.0626. The van der Waals surface area contributed by atoms with E-state index < -0.39 is 12.3 Å². The van der Waals surface area contributed by atoms with Gasteiger partial charge in [0.1, 0.15) is 5.75 Å². The van der Waals surface area contributed by atoms with Crippen LogP contribution >= 0.6 is 22.6 Å². The number of halogens is 4. The average molecular weight is 408 g/mol. The Morgan fingerprint density at radius 1 is 1.14 bits per heavy atom. The van der Waals surface area contributed by atoms with Gasteiger partial charge in [0.15, 0.2) is 0 Å². The number of benzene rings is 2. The van der Waals surface area contributed by atoms with E-state index >= 15 is 0 Å². The lowest BCUT2D eigenvalue weighted by Gasteiger charge is -2.11. The third-order valence-electron chi connectivity index (χ3n) is 2.59. The first kappa shape index (κ1) is 15.6. The predicted octanol–water partition coefficient (Wildman–Crippen LogP) is 4.56. The second kappa shape index (κ2) is 5.92. The molecule has 0 radical (unpaired) electrons. The number of rotatable bonds is 3. The van der Waals surface area contributed by atoms with Gasteiger partial charge < -0.3 is 9.84 Å². The maximum absolute atomic E-state index is 12.2. The fraction of sp³-hybridized carbons (Fsp3) is 0.0714. The number of alkyl halides is 3. The second-order valence-electron chi connectivity index (χ2n) is 4.08. The number of aromatic carboxylic acids is 1. The van der Waals surface area contributed by atoms with E-state index in [2.05, 4.69) is 4.74 Å². The number of carbonyl (C=O) groups is 1. The Bertz CT molecular complexity index is 683. The van der Waals surface area contributed by atoms with Crippen molar-refractivity contribution in [2.24, 2.45) is 0 Å². The number of carboxylic acid groups (broad SMARTS) is 1. The van der Waals surface area contributed by atoms with Gasteiger partial charge in [0.05, 0.1) is 5.56 Å². The molecule has 2 aromatic carbocycles. The summed E-state index contributed by atoms with van der Waals surface area (Å²) in [5, 5.41) is 8.98. The highest BCUT2D eigenvalue weighted by Crippen LogP contribution is 2.31. The molecule has 0 aliphatic heterocycles. The first-order valence-electron chi connectivity index (χ1n) is 5.65. The molecule has 21 heavy (non-hydrogen) atoms. The van der Waals surface area contributed by atoms with Crippen LogP contribution in [0.15, 0.2) is 42.5 Å². The summed E-state index contributed by atoms with van der Waals surface area (Å²) in [5.41, 5.74) is 1.04. The van der Waals surface area contributed by atoms with Crippen molar-refractivity contribution in [2.75, 3.05) is 0 Å². The highest BCUT2D eigenvalue weighted by Gasteiger charge is 2.31. The molecule has 7 heteroatoms. The third-order valence-corrected chi connectivity index (χ3v) is 3.53. The highest BCUT2D eigenvalue weighted by atomic mass is 127. The maximum Gasteiger partial charge on any atom is 0.573 e. The van der Waals surface area contributed by atoms with Crippen LogP contribution in [-0.4, -0.2) is 17.4 Å². The zero-order valence-electron chi connectivity index (χ0n) is 10.3. The van der Waals surface area contributed by atoms with Crippen molar-refractivity contribution in [1.29, 1.82) is 0 Å². The van der Waals surface area contributed by atoms with Crippen molar-refractivity contribution in [3.63, 3.8) is 0 Å². The van der Waals surface area contributed by atoms with E-state index in [1.54, 1.807) is 12.1 Å². The minimum Gasteiger partial charge on any atom is -0.478 e. The third kappa shape index (κ3) is 4.10. The molecule has 110 valence electrons. The summed E-state index contributed by atoms with van der Waals surface area (Å²) in [6.07, 6.45) is -4.77. The van der Waals surface area contributed by atoms with E-state index in [0.717, 1.165) is 3.57 Å². The standard InChI is InChI=1S/C14H8F3IO3/c15-14(16,17)21-10-3-1-2-8(6-10)11-7-9(13(19)20)4-5-12(11)18/h1-7H,(H,19,20). The quantitative estimate of drug-likeness (QED) is 0.758. The smallest absolute Gasteiger partial charge is 0.478 e. The molecule has 0 fully saturated rings. The Balaban J connectivity index is 2.45. The van der Waals surface area contributed by atoms with Gasteiger partial charge >= 0.3 is 12.3 Å².